The molecule has 3 heterocycles. The van der Waals surface area contributed by atoms with Crippen molar-refractivity contribution in [1.29, 1.82) is 0 Å². The molecule has 1 aromatic heterocycles. The molecule has 0 radical (unpaired) electrons. The van der Waals surface area contributed by atoms with E-state index in [0.717, 1.165) is 40.0 Å². The number of pyridine rings is 1. The third kappa shape index (κ3) is 3.85. The number of benzene rings is 3. The molecule has 164 valence electrons. The molecule has 2 atom stereocenters. The molecule has 0 aliphatic carbocycles. The predicted molar refractivity (Wildman–Crippen MR) is 129 cm³/mol. The zero-order valence-corrected chi connectivity index (χ0v) is 18.3. The Morgan fingerprint density at radius 2 is 1.67 bits per heavy atom. The van der Waals surface area contributed by atoms with E-state index in [9.17, 15) is 4.79 Å². The molecule has 5 heteroatoms. The molecule has 0 N–H and O–H groups in total. The van der Waals surface area contributed by atoms with Crippen LogP contribution in [0.2, 0.25) is 0 Å². The van der Waals surface area contributed by atoms with Crippen molar-refractivity contribution in [3.63, 3.8) is 0 Å². The number of para-hydroxylation sites is 3. The van der Waals surface area contributed by atoms with Gasteiger partial charge in [0.2, 0.25) is 5.91 Å². The summed E-state index contributed by atoms with van der Waals surface area (Å²) in [5.74, 6) is 0.908. The smallest absolute Gasteiger partial charge is 0.244 e. The van der Waals surface area contributed by atoms with Crippen LogP contribution < -0.4 is 9.64 Å². The van der Waals surface area contributed by atoms with Gasteiger partial charge in [0.25, 0.3) is 0 Å². The average Bonchev–Trinajstić information content (AvgIpc) is 3.25. The summed E-state index contributed by atoms with van der Waals surface area (Å²) in [6.07, 6.45) is 2.61. The third-order valence-electron chi connectivity index (χ3n) is 6.58. The number of ether oxygens (including phenoxy) is 1. The van der Waals surface area contributed by atoms with E-state index in [1.807, 2.05) is 71.8 Å². The molecule has 1 amide bonds. The maximum Gasteiger partial charge on any atom is 0.244 e. The zero-order chi connectivity index (χ0) is 22.2. The lowest BCUT2D eigenvalue weighted by atomic mass is 10.1. The molecule has 0 spiro atoms. The van der Waals surface area contributed by atoms with Crippen LogP contribution in [0.5, 0.6) is 5.75 Å². The van der Waals surface area contributed by atoms with Crippen LogP contribution >= 0.6 is 0 Å². The Bertz CT molecular complexity index is 1310. The summed E-state index contributed by atoms with van der Waals surface area (Å²) >= 11 is 0. The average molecular weight is 436 g/mol. The van der Waals surface area contributed by atoms with Crippen LogP contribution in [0.3, 0.4) is 0 Å². The van der Waals surface area contributed by atoms with Crippen LogP contribution in [0.4, 0.5) is 5.69 Å². The highest BCUT2D eigenvalue weighted by Crippen LogP contribution is 2.37. The van der Waals surface area contributed by atoms with Gasteiger partial charge in [-0.25, -0.2) is 0 Å². The number of nitrogens with zero attached hydrogens (tertiary/aromatic N) is 3. The summed E-state index contributed by atoms with van der Waals surface area (Å²) < 4.78 is 6.43. The molecule has 2 aliphatic heterocycles. The Morgan fingerprint density at radius 1 is 0.879 bits per heavy atom. The van der Waals surface area contributed by atoms with Gasteiger partial charge in [0.15, 0.2) is 0 Å². The predicted octanol–water partition coefficient (Wildman–Crippen LogP) is 4.80. The van der Waals surface area contributed by atoms with Crippen LogP contribution in [-0.2, 0) is 17.9 Å². The van der Waals surface area contributed by atoms with Crippen LogP contribution in [0.25, 0.3) is 10.9 Å². The molecule has 6 rings (SSSR count). The van der Waals surface area contributed by atoms with Gasteiger partial charge in [-0.05, 0) is 35.4 Å². The van der Waals surface area contributed by atoms with Gasteiger partial charge in [-0.1, -0.05) is 60.7 Å². The quantitative estimate of drug-likeness (QED) is 0.462. The second-order valence-electron chi connectivity index (χ2n) is 8.83. The summed E-state index contributed by atoms with van der Waals surface area (Å²) in [6, 6.07) is 28.1. The van der Waals surface area contributed by atoms with Gasteiger partial charge in [0.05, 0.1) is 23.8 Å². The fourth-order valence-corrected chi connectivity index (χ4v) is 5.00. The van der Waals surface area contributed by atoms with Crippen molar-refractivity contribution >= 4 is 22.5 Å². The molecule has 5 nitrogen and oxygen atoms in total. The van der Waals surface area contributed by atoms with Crippen molar-refractivity contribution in [2.24, 2.45) is 0 Å². The maximum absolute atomic E-state index is 13.9. The normalized spacial score (nSPS) is 20.2. The third-order valence-corrected chi connectivity index (χ3v) is 6.58. The minimum Gasteiger partial charge on any atom is -0.487 e. The summed E-state index contributed by atoms with van der Waals surface area (Å²) in [4.78, 5) is 22.7. The van der Waals surface area contributed by atoms with Crippen LogP contribution in [0, 0.1) is 0 Å². The Balaban J connectivity index is 1.33. The lowest BCUT2D eigenvalue weighted by molar-refractivity contribution is -0.123. The number of anilines is 1. The highest BCUT2D eigenvalue weighted by molar-refractivity contribution is 5.99. The first-order valence-corrected chi connectivity index (χ1v) is 11.4. The lowest BCUT2D eigenvalue weighted by Crippen LogP contribution is -2.45. The number of fused-ring (bicyclic) bond motifs is 4. The van der Waals surface area contributed by atoms with Crippen LogP contribution in [0.15, 0.2) is 91.1 Å². The summed E-state index contributed by atoms with van der Waals surface area (Å²) in [6.45, 7) is 1.91. The molecule has 3 aromatic carbocycles. The van der Waals surface area contributed by atoms with Gasteiger partial charge in [-0.2, -0.15) is 0 Å². The molecule has 4 aromatic rings. The monoisotopic (exact) mass is 435 g/mol. The van der Waals surface area contributed by atoms with Gasteiger partial charge < -0.3 is 9.64 Å². The maximum atomic E-state index is 13.9. The second-order valence-corrected chi connectivity index (χ2v) is 8.83. The van der Waals surface area contributed by atoms with Gasteiger partial charge in [-0.15, -0.1) is 0 Å². The standard InChI is InChI=1S/C28H25N3O2/c32-28-26-15-23(19-30(26)17-21-14-22-10-4-5-11-24(22)29-16-21)33-27-13-7-6-12-25(27)31(28)18-20-8-2-1-3-9-20/h1-14,16,23,26H,15,17-19H2/t23-,26-/m0/s1. The number of hydrogen-bond acceptors (Lipinski definition) is 4. The first-order valence-electron chi connectivity index (χ1n) is 11.4. The summed E-state index contributed by atoms with van der Waals surface area (Å²) in [5.41, 5.74) is 4.04. The van der Waals surface area contributed by atoms with Crippen molar-refractivity contribution in [2.45, 2.75) is 31.7 Å². The van der Waals surface area contributed by atoms with Crippen LogP contribution in [-0.4, -0.2) is 34.5 Å². The minimum absolute atomic E-state index is 0.00705. The van der Waals surface area contributed by atoms with Crippen molar-refractivity contribution < 1.29 is 9.53 Å². The van der Waals surface area contributed by atoms with E-state index >= 15 is 0 Å². The minimum atomic E-state index is -0.224. The molecule has 2 aliphatic rings. The largest absolute Gasteiger partial charge is 0.487 e. The van der Waals surface area contributed by atoms with E-state index in [2.05, 4.69) is 34.1 Å². The first kappa shape index (κ1) is 19.9. The zero-order valence-electron chi connectivity index (χ0n) is 18.3. The van der Waals surface area contributed by atoms with Gasteiger partial charge in [-0.3, -0.25) is 14.7 Å². The Labute approximate surface area is 193 Å². The topological polar surface area (TPSA) is 45.7 Å². The fraction of sp³-hybridized carbons (Fsp3) is 0.214. The molecule has 33 heavy (non-hydrogen) atoms. The number of amides is 1. The lowest BCUT2D eigenvalue weighted by Gasteiger charge is -2.32. The molecule has 0 saturated carbocycles. The Kier molecular flexibility index (Phi) is 5.04. The van der Waals surface area contributed by atoms with Crippen molar-refractivity contribution in [3.05, 3.63) is 102 Å². The highest BCUT2D eigenvalue weighted by atomic mass is 16.5. The number of aromatic nitrogens is 1. The fourth-order valence-electron chi connectivity index (χ4n) is 5.00. The molecule has 2 bridgehead atoms. The summed E-state index contributed by atoms with van der Waals surface area (Å²) in [5, 5.41) is 1.12. The Hall–Kier alpha value is -3.70. The number of carbonyl (C=O) groups excluding carboxylic acids is 1. The molecule has 1 fully saturated rings. The number of carbonyl (C=O) groups is 1. The molecular formula is C28H25N3O2. The van der Waals surface area contributed by atoms with Crippen molar-refractivity contribution in [2.75, 3.05) is 11.4 Å². The van der Waals surface area contributed by atoms with Crippen molar-refractivity contribution in [1.82, 2.24) is 9.88 Å². The Morgan fingerprint density at radius 3 is 2.58 bits per heavy atom. The molecule has 0 unspecified atom stereocenters. The SMILES string of the molecule is O=C1[C@@H]2C[C@@H](CN2Cc2cnc3ccccc3c2)Oc2ccccc2N1Cc1ccccc1. The van der Waals surface area contributed by atoms with E-state index in [0.29, 0.717) is 19.5 Å². The first-order chi connectivity index (χ1) is 16.2. The number of hydrogen-bond donors (Lipinski definition) is 0. The van der Waals surface area contributed by atoms with E-state index in [-0.39, 0.29) is 18.1 Å². The van der Waals surface area contributed by atoms with E-state index in [1.165, 1.54) is 0 Å². The number of rotatable bonds is 4. The van der Waals surface area contributed by atoms with Crippen molar-refractivity contribution in [3.8, 4) is 5.75 Å². The molecular weight excluding hydrogens is 410 g/mol. The number of likely N-dealkylation sites (tertiary alicyclic amines) is 1. The second kappa shape index (κ2) is 8.34. The van der Waals surface area contributed by atoms with Crippen LogP contribution in [0.1, 0.15) is 17.5 Å². The van der Waals surface area contributed by atoms with Gasteiger partial charge >= 0.3 is 0 Å². The highest BCUT2D eigenvalue weighted by Gasteiger charge is 2.42. The van der Waals surface area contributed by atoms with Gasteiger partial charge in [0, 0.05) is 31.1 Å². The summed E-state index contributed by atoms with van der Waals surface area (Å²) in [7, 11) is 0. The van der Waals surface area contributed by atoms with E-state index in [4.69, 9.17) is 4.74 Å². The van der Waals surface area contributed by atoms with Gasteiger partial charge in [0.1, 0.15) is 11.9 Å². The molecule has 1 saturated heterocycles. The van der Waals surface area contributed by atoms with E-state index < -0.39 is 0 Å². The van der Waals surface area contributed by atoms with E-state index in [1.54, 1.807) is 0 Å².